The average Bonchev–Trinajstić information content (AvgIpc) is 2.35. The summed E-state index contributed by atoms with van der Waals surface area (Å²) in [7, 11) is 1.99. The molecule has 0 aliphatic rings. The van der Waals surface area contributed by atoms with Crippen LogP contribution in [0.1, 0.15) is 33.3 Å². The largest absolute Gasteiger partial charge is 0.409 e. The van der Waals surface area contributed by atoms with E-state index in [2.05, 4.69) is 42.7 Å². The molecular weight excluding hydrogens is 228 g/mol. The predicted octanol–water partition coefficient (Wildman–Crippen LogP) is 2.05. The number of nitrogens with two attached hydrogens (primary N) is 1. The molecule has 0 fully saturated rings. The summed E-state index contributed by atoms with van der Waals surface area (Å²) in [4.78, 5) is 6.42. The molecule has 0 aliphatic heterocycles. The van der Waals surface area contributed by atoms with Gasteiger partial charge in [0, 0.05) is 24.8 Å². The zero-order valence-electron chi connectivity index (χ0n) is 11.7. The maximum atomic E-state index is 8.69. The van der Waals surface area contributed by atoms with Crippen LogP contribution in [0.15, 0.2) is 23.5 Å². The van der Waals surface area contributed by atoms with Gasteiger partial charge in [0.25, 0.3) is 0 Å². The first kappa shape index (κ1) is 14.3. The van der Waals surface area contributed by atoms with Gasteiger partial charge in [0.2, 0.25) is 0 Å². The third-order valence-corrected chi connectivity index (χ3v) is 3.34. The fourth-order valence-corrected chi connectivity index (χ4v) is 1.61. The number of anilines is 1. The zero-order chi connectivity index (χ0) is 13.9. The van der Waals surface area contributed by atoms with Crippen LogP contribution in [0.3, 0.4) is 0 Å². The summed E-state index contributed by atoms with van der Waals surface area (Å²) in [6.07, 6.45) is 1.66. The molecular formula is C13H22N4O. The highest BCUT2D eigenvalue weighted by Crippen LogP contribution is 2.26. The Labute approximate surface area is 108 Å². The van der Waals surface area contributed by atoms with Crippen molar-refractivity contribution in [2.75, 3.05) is 11.9 Å². The minimum Gasteiger partial charge on any atom is -0.409 e. The second-order valence-electron chi connectivity index (χ2n) is 5.54. The Kier molecular flexibility index (Phi) is 4.16. The van der Waals surface area contributed by atoms with Crippen molar-refractivity contribution in [2.45, 2.75) is 33.7 Å². The van der Waals surface area contributed by atoms with Gasteiger partial charge in [-0.15, -0.1) is 0 Å². The predicted molar refractivity (Wildman–Crippen MR) is 74.1 cm³/mol. The molecule has 1 heterocycles. The normalized spacial score (nSPS) is 14.4. The third kappa shape index (κ3) is 3.12. The Balaban J connectivity index is 3.04. The first-order valence-electron chi connectivity index (χ1n) is 5.94. The molecule has 0 saturated carbocycles. The summed E-state index contributed by atoms with van der Waals surface area (Å²) in [5.74, 6) is 0.900. The number of pyridine rings is 1. The molecule has 5 nitrogen and oxygen atoms in total. The second-order valence-corrected chi connectivity index (χ2v) is 5.54. The van der Waals surface area contributed by atoms with Crippen molar-refractivity contribution in [2.24, 2.45) is 16.3 Å². The summed E-state index contributed by atoms with van der Waals surface area (Å²) >= 11 is 0. The van der Waals surface area contributed by atoms with Crippen LogP contribution in [-0.2, 0) is 0 Å². The lowest BCUT2D eigenvalue weighted by Crippen LogP contribution is -2.39. The number of aromatic nitrogens is 1. The molecule has 5 heteroatoms. The number of hydrogen-bond acceptors (Lipinski definition) is 4. The maximum Gasteiger partial charge on any atom is 0.170 e. The number of hydrogen-bond donors (Lipinski definition) is 2. The van der Waals surface area contributed by atoms with E-state index in [0.717, 1.165) is 5.82 Å². The monoisotopic (exact) mass is 250 g/mol. The van der Waals surface area contributed by atoms with Crippen molar-refractivity contribution in [3.63, 3.8) is 0 Å². The second kappa shape index (κ2) is 5.25. The van der Waals surface area contributed by atoms with Gasteiger partial charge in [-0.2, -0.15) is 0 Å². The van der Waals surface area contributed by atoms with Crippen LogP contribution in [0.5, 0.6) is 0 Å². The van der Waals surface area contributed by atoms with Crippen molar-refractivity contribution >= 4 is 11.7 Å². The van der Waals surface area contributed by atoms with Crippen LogP contribution >= 0.6 is 0 Å². The standard InChI is InChI=1S/C13H22N4O/c1-9(13(2,3)4)17(5)11-8-10(6-7-15-11)12(14)16-18/h6-9,18H,1-5H3,(H2,14,16). The molecule has 1 atom stereocenters. The quantitative estimate of drug-likeness (QED) is 0.372. The van der Waals surface area contributed by atoms with E-state index in [1.807, 2.05) is 13.1 Å². The van der Waals surface area contributed by atoms with E-state index in [9.17, 15) is 0 Å². The minimum absolute atomic E-state index is 0.0930. The molecule has 0 amide bonds. The lowest BCUT2D eigenvalue weighted by atomic mass is 9.87. The van der Waals surface area contributed by atoms with Gasteiger partial charge in [0.1, 0.15) is 5.82 Å². The highest BCUT2D eigenvalue weighted by molar-refractivity contribution is 5.97. The molecule has 0 aromatic carbocycles. The van der Waals surface area contributed by atoms with Gasteiger partial charge in [0.15, 0.2) is 5.84 Å². The highest BCUT2D eigenvalue weighted by Gasteiger charge is 2.24. The Bertz CT molecular complexity index is 437. The lowest BCUT2D eigenvalue weighted by molar-refractivity contribution is 0.318. The van der Waals surface area contributed by atoms with E-state index in [1.165, 1.54) is 0 Å². The molecule has 1 aromatic rings. The molecule has 0 aliphatic carbocycles. The summed E-state index contributed by atoms with van der Waals surface area (Å²) in [6, 6.07) is 3.85. The Morgan fingerprint density at radius 2 is 2.11 bits per heavy atom. The van der Waals surface area contributed by atoms with Crippen molar-refractivity contribution in [1.82, 2.24) is 4.98 Å². The highest BCUT2D eigenvalue weighted by atomic mass is 16.4. The fourth-order valence-electron chi connectivity index (χ4n) is 1.61. The molecule has 1 aromatic heterocycles. The molecule has 0 bridgehead atoms. The first-order valence-corrected chi connectivity index (χ1v) is 5.94. The van der Waals surface area contributed by atoms with E-state index < -0.39 is 0 Å². The Hall–Kier alpha value is -1.78. The van der Waals surface area contributed by atoms with E-state index in [4.69, 9.17) is 10.9 Å². The van der Waals surface area contributed by atoms with Crippen molar-refractivity contribution in [3.8, 4) is 0 Å². The molecule has 3 N–H and O–H groups in total. The van der Waals surface area contributed by atoms with Gasteiger partial charge >= 0.3 is 0 Å². The molecule has 0 saturated heterocycles. The number of rotatable bonds is 3. The lowest BCUT2D eigenvalue weighted by Gasteiger charge is -2.36. The average molecular weight is 250 g/mol. The summed E-state index contributed by atoms with van der Waals surface area (Å²) in [5.41, 5.74) is 6.38. The molecule has 18 heavy (non-hydrogen) atoms. The van der Waals surface area contributed by atoms with Gasteiger partial charge in [-0.05, 0) is 24.5 Å². The van der Waals surface area contributed by atoms with Crippen molar-refractivity contribution in [1.29, 1.82) is 0 Å². The van der Waals surface area contributed by atoms with Crippen LogP contribution in [-0.4, -0.2) is 29.1 Å². The molecule has 0 radical (unpaired) electrons. The maximum absolute atomic E-state index is 8.69. The van der Waals surface area contributed by atoms with E-state index in [0.29, 0.717) is 11.6 Å². The van der Waals surface area contributed by atoms with Crippen LogP contribution in [0.25, 0.3) is 0 Å². The van der Waals surface area contributed by atoms with Gasteiger partial charge in [-0.3, -0.25) is 0 Å². The summed E-state index contributed by atoms with van der Waals surface area (Å²) in [6.45, 7) is 8.70. The summed E-state index contributed by atoms with van der Waals surface area (Å²) < 4.78 is 0. The molecule has 1 unspecified atom stereocenters. The zero-order valence-corrected chi connectivity index (χ0v) is 11.7. The number of nitrogens with zero attached hydrogens (tertiary/aromatic N) is 3. The molecule has 1 rings (SSSR count). The SMILES string of the molecule is CC(N(C)c1cc(C(N)=NO)ccn1)C(C)(C)C. The van der Waals surface area contributed by atoms with E-state index >= 15 is 0 Å². The van der Waals surface area contributed by atoms with Gasteiger partial charge in [-0.25, -0.2) is 4.98 Å². The smallest absolute Gasteiger partial charge is 0.170 e. The molecule has 100 valence electrons. The van der Waals surface area contributed by atoms with Crippen LogP contribution < -0.4 is 10.6 Å². The molecule has 0 spiro atoms. The minimum atomic E-state index is 0.0930. The van der Waals surface area contributed by atoms with Gasteiger partial charge in [-0.1, -0.05) is 25.9 Å². The third-order valence-electron chi connectivity index (χ3n) is 3.34. The van der Waals surface area contributed by atoms with E-state index in [1.54, 1.807) is 12.3 Å². The van der Waals surface area contributed by atoms with Crippen LogP contribution in [0, 0.1) is 5.41 Å². The van der Waals surface area contributed by atoms with Gasteiger partial charge in [0.05, 0.1) is 0 Å². The number of amidine groups is 1. The topological polar surface area (TPSA) is 74.7 Å². The van der Waals surface area contributed by atoms with E-state index in [-0.39, 0.29) is 11.3 Å². The summed E-state index contributed by atoms with van der Waals surface area (Å²) in [5, 5.41) is 11.7. The van der Waals surface area contributed by atoms with Crippen molar-refractivity contribution in [3.05, 3.63) is 23.9 Å². The number of oxime groups is 1. The first-order chi connectivity index (χ1) is 8.27. The van der Waals surface area contributed by atoms with Crippen molar-refractivity contribution < 1.29 is 5.21 Å². The van der Waals surface area contributed by atoms with Gasteiger partial charge < -0.3 is 15.8 Å². The van der Waals surface area contributed by atoms with Crippen LogP contribution in [0.4, 0.5) is 5.82 Å². The van der Waals surface area contributed by atoms with Crippen LogP contribution in [0.2, 0.25) is 0 Å². The Morgan fingerprint density at radius 1 is 1.50 bits per heavy atom. The fraction of sp³-hybridized carbons (Fsp3) is 0.538. The Morgan fingerprint density at radius 3 is 2.61 bits per heavy atom.